The van der Waals surface area contributed by atoms with E-state index in [4.69, 9.17) is 33.3 Å². The predicted molar refractivity (Wildman–Crippen MR) is 227 cm³/mol. The predicted octanol–water partition coefficient (Wildman–Crippen LogP) is 13.0. The monoisotopic (exact) mass is 724 g/mol. The lowest BCUT2D eigenvalue weighted by molar-refractivity contribution is 1.06. The number of hydrogen-bond acceptors (Lipinski definition) is 3. The van der Waals surface area contributed by atoms with Crippen LogP contribution in [0.25, 0.3) is 95.0 Å². The molecule has 0 fully saturated rings. The molecule has 55 heavy (non-hydrogen) atoms. The zero-order chi connectivity index (χ0) is 55.7. The number of para-hydroxylation sites is 1. The van der Waals surface area contributed by atoms with Gasteiger partial charge in [-0.2, -0.15) is 0 Å². The van der Waals surface area contributed by atoms with Crippen molar-refractivity contribution in [2.75, 3.05) is 0 Å². The van der Waals surface area contributed by atoms with Gasteiger partial charge in [0, 0.05) is 27.5 Å². The second-order valence-electron chi connectivity index (χ2n) is 12.0. The van der Waals surface area contributed by atoms with E-state index in [-0.39, 0.29) is 28.2 Å². The Morgan fingerprint density at radius 2 is 0.927 bits per heavy atom. The van der Waals surface area contributed by atoms with E-state index >= 15 is 0 Å². The van der Waals surface area contributed by atoms with Gasteiger partial charge < -0.3 is 4.57 Å². The van der Waals surface area contributed by atoms with Crippen LogP contribution in [-0.2, 0) is 0 Å². The molecule has 0 spiro atoms. The summed E-state index contributed by atoms with van der Waals surface area (Å²) in [5, 5.41) is -0.808. The van der Waals surface area contributed by atoms with Crippen LogP contribution in [0.4, 0.5) is 0 Å². The van der Waals surface area contributed by atoms with E-state index in [9.17, 15) is 6.85 Å². The standard InChI is InChI=1S/C51H34N4/c1-5-16-35(17-6-1)39-24-15-25-42(32-39)50-52-49(38-22-11-4-12-23-38)53-51(54-50)45-34-41(37-20-9-3-10-21-37)29-31-48(45)55-46-27-14-13-26-43(46)44-33-40(28-30-47(44)55)36-18-7-2-8-19-36/h1-34H/i2D,3D,4D,7D,8D,9D,10D,11D,12D,13D,14D,18D,19D,20D,21D,22D,23D,26D,27D,28D,30D,33D. The number of nitrogens with zero attached hydrogens (tertiary/aromatic N) is 4. The molecule has 0 N–H and O–H groups in total. The molecular formula is C51H34N4. The first-order valence-corrected chi connectivity index (χ1v) is 16.7. The molecule has 8 aromatic carbocycles. The molecule has 258 valence electrons. The molecule has 2 heterocycles. The van der Waals surface area contributed by atoms with E-state index < -0.39 is 183 Å². The minimum atomic E-state index is -0.845. The maximum absolute atomic E-state index is 9.73. The van der Waals surface area contributed by atoms with Gasteiger partial charge in [-0.3, -0.25) is 0 Å². The van der Waals surface area contributed by atoms with E-state index in [1.54, 1.807) is 18.2 Å². The molecule has 4 nitrogen and oxygen atoms in total. The zero-order valence-electron chi connectivity index (χ0n) is 50.2. The molecule has 0 unspecified atom stereocenters. The largest absolute Gasteiger partial charge is 0.309 e. The van der Waals surface area contributed by atoms with Crippen molar-refractivity contribution in [2.45, 2.75) is 0 Å². The normalized spacial score (nSPS) is 16.9. The zero-order valence-corrected chi connectivity index (χ0v) is 28.2. The topological polar surface area (TPSA) is 43.6 Å². The van der Waals surface area contributed by atoms with Crippen molar-refractivity contribution in [1.82, 2.24) is 19.5 Å². The first-order chi connectivity index (χ1) is 36.4. The second-order valence-corrected chi connectivity index (χ2v) is 12.0. The van der Waals surface area contributed by atoms with Crippen LogP contribution in [0.2, 0.25) is 0 Å². The quantitative estimate of drug-likeness (QED) is 0.164. The van der Waals surface area contributed by atoms with Gasteiger partial charge in [-0.25, -0.2) is 15.0 Å². The molecule has 0 saturated carbocycles. The van der Waals surface area contributed by atoms with E-state index in [2.05, 4.69) is 4.98 Å². The van der Waals surface area contributed by atoms with Crippen molar-refractivity contribution < 1.29 is 30.2 Å². The first kappa shape index (κ1) is 16.7. The Morgan fingerprint density at radius 3 is 1.67 bits per heavy atom. The highest BCUT2D eigenvalue weighted by atomic mass is 15.1. The van der Waals surface area contributed by atoms with Gasteiger partial charge in [0.25, 0.3) is 0 Å². The van der Waals surface area contributed by atoms with E-state index in [1.807, 2.05) is 36.4 Å². The Bertz CT molecular complexity index is 4170. The van der Waals surface area contributed by atoms with Crippen LogP contribution < -0.4 is 0 Å². The van der Waals surface area contributed by atoms with Crippen LogP contribution in [0, 0.1) is 0 Å². The lowest BCUT2D eigenvalue weighted by atomic mass is 10.0. The molecule has 0 aliphatic rings. The summed E-state index contributed by atoms with van der Waals surface area (Å²) in [5.41, 5.74) is -1.59. The fourth-order valence-corrected chi connectivity index (χ4v) is 6.28. The van der Waals surface area contributed by atoms with Gasteiger partial charge in [0.1, 0.15) is 0 Å². The third kappa shape index (κ3) is 6.06. The summed E-state index contributed by atoms with van der Waals surface area (Å²) < 4.78 is 196. The Hall–Kier alpha value is -7.43. The summed E-state index contributed by atoms with van der Waals surface area (Å²) in [4.78, 5) is 14.3. The molecule has 0 aliphatic heterocycles. The van der Waals surface area contributed by atoms with Gasteiger partial charge in [0.15, 0.2) is 17.5 Å². The fraction of sp³-hybridized carbons (Fsp3) is 0. The molecule has 0 radical (unpaired) electrons. The number of rotatable bonds is 7. The van der Waals surface area contributed by atoms with Crippen LogP contribution >= 0.6 is 0 Å². The molecule has 10 rings (SSSR count). The Labute approximate surface area is 350 Å². The summed E-state index contributed by atoms with van der Waals surface area (Å²) in [6.45, 7) is 0. The van der Waals surface area contributed by atoms with Crippen molar-refractivity contribution in [3.63, 3.8) is 0 Å². The summed E-state index contributed by atoms with van der Waals surface area (Å²) in [6.07, 6.45) is 0. The van der Waals surface area contributed by atoms with E-state index in [0.29, 0.717) is 11.1 Å². The Balaban J connectivity index is 1.41. The summed E-state index contributed by atoms with van der Waals surface area (Å²) in [5.74, 6) is -1.02. The van der Waals surface area contributed by atoms with Crippen molar-refractivity contribution in [3.8, 4) is 73.2 Å². The van der Waals surface area contributed by atoms with Crippen molar-refractivity contribution >= 4 is 21.8 Å². The summed E-state index contributed by atoms with van der Waals surface area (Å²) in [7, 11) is 0. The average molecular weight is 725 g/mol. The highest BCUT2D eigenvalue weighted by molar-refractivity contribution is 6.11. The smallest absolute Gasteiger partial charge is 0.166 e. The molecule has 0 atom stereocenters. The van der Waals surface area contributed by atoms with E-state index in [1.165, 1.54) is 18.2 Å². The lowest BCUT2D eigenvalue weighted by Crippen LogP contribution is -2.04. The van der Waals surface area contributed by atoms with Gasteiger partial charge >= 0.3 is 0 Å². The van der Waals surface area contributed by atoms with Gasteiger partial charge in [0.05, 0.1) is 46.9 Å². The van der Waals surface area contributed by atoms with E-state index in [0.717, 1.165) is 10.1 Å². The maximum atomic E-state index is 9.73. The fourth-order valence-electron chi connectivity index (χ4n) is 6.28. The number of fused-ring (bicyclic) bond motifs is 3. The Morgan fingerprint density at radius 1 is 0.364 bits per heavy atom. The lowest BCUT2D eigenvalue weighted by Gasteiger charge is -2.16. The molecule has 2 aromatic heterocycles. The van der Waals surface area contributed by atoms with Crippen molar-refractivity contribution in [3.05, 3.63) is 206 Å². The van der Waals surface area contributed by atoms with Crippen LogP contribution in [-0.4, -0.2) is 19.5 Å². The van der Waals surface area contributed by atoms with Gasteiger partial charge in [0.2, 0.25) is 0 Å². The number of aromatic nitrogens is 4. The van der Waals surface area contributed by atoms with Crippen LogP contribution in [0.5, 0.6) is 0 Å². The average Bonchev–Trinajstić information content (AvgIpc) is 3.87. The van der Waals surface area contributed by atoms with Crippen LogP contribution in [0.1, 0.15) is 30.2 Å². The van der Waals surface area contributed by atoms with Crippen molar-refractivity contribution in [1.29, 1.82) is 0 Å². The SMILES string of the molecule is [2H]c1c([2H])c([2H])c(-c2ccc(-n3c4c([2H])c([2H])c([2H])c([2H])c4c4c([2H])c(-c5c([2H])c([2H])c([2H])c([2H])c5[2H])c([2H])c([2H])c43)c(-c3nc(-c4cccc(-c5ccccc5)c4)nc(-c4c([2H])c([2H])c([2H])c([2H])c4[2H])n3)c2)c([2H])c1[2H]. The highest BCUT2D eigenvalue weighted by Crippen LogP contribution is 2.39. The molecule has 10 aromatic rings. The van der Waals surface area contributed by atoms with Gasteiger partial charge in [-0.1, -0.05) is 169 Å². The molecule has 0 bridgehead atoms. The summed E-state index contributed by atoms with van der Waals surface area (Å²) in [6, 6.07) is 3.49. The molecule has 0 amide bonds. The summed E-state index contributed by atoms with van der Waals surface area (Å²) >= 11 is 0. The minimum Gasteiger partial charge on any atom is -0.309 e. The van der Waals surface area contributed by atoms with Gasteiger partial charge in [-0.05, 0) is 69.7 Å². The third-order valence-corrected chi connectivity index (χ3v) is 8.76. The maximum Gasteiger partial charge on any atom is 0.166 e. The third-order valence-electron chi connectivity index (χ3n) is 8.76. The first-order valence-electron chi connectivity index (χ1n) is 27.7. The number of hydrogen-bond donors (Lipinski definition) is 0. The highest BCUT2D eigenvalue weighted by Gasteiger charge is 2.21. The molecule has 0 aliphatic carbocycles. The minimum absolute atomic E-state index is 0.0715. The second kappa shape index (κ2) is 13.8. The van der Waals surface area contributed by atoms with Gasteiger partial charge in [-0.15, -0.1) is 0 Å². The van der Waals surface area contributed by atoms with Crippen LogP contribution in [0.15, 0.2) is 206 Å². The molecule has 0 saturated heterocycles. The Kier molecular flexibility index (Phi) is 4.21. The number of benzene rings is 8. The van der Waals surface area contributed by atoms with Crippen molar-refractivity contribution in [2.24, 2.45) is 0 Å². The van der Waals surface area contributed by atoms with Crippen LogP contribution in [0.3, 0.4) is 0 Å². The molecule has 4 heteroatoms. The molecular weight excluding hydrogens is 669 g/mol.